The molecule has 0 saturated heterocycles. The summed E-state index contributed by atoms with van der Waals surface area (Å²) in [5, 5.41) is 2.24. The second kappa shape index (κ2) is 6.53. The molecule has 0 aliphatic heterocycles. The Morgan fingerprint density at radius 3 is 2.27 bits per heavy atom. The molecule has 0 unspecified atom stereocenters. The molecule has 0 radical (unpaired) electrons. The lowest BCUT2D eigenvalue weighted by molar-refractivity contribution is 0.562. The van der Waals surface area contributed by atoms with E-state index in [1.807, 2.05) is 31.2 Å². The van der Waals surface area contributed by atoms with Crippen LogP contribution in [0.4, 0.5) is 0 Å². The monoisotopic (exact) mass is 383 g/mol. The number of hydrogen-bond donors (Lipinski definition) is 0. The van der Waals surface area contributed by atoms with Crippen LogP contribution in [0.2, 0.25) is 0 Å². The molecule has 0 bridgehead atoms. The second-order valence-electron chi connectivity index (χ2n) is 7.16. The number of benzene rings is 2. The number of thiophene rings is 1. The predicted octanol–water partition coefficient (Wildman–Crippen LogP) is 5.36. The van der Waals surface area contributed by atoms with E-state index in [-0.39, 0.29) is 0 Å². The third-order valence-corrected chi connectivity index (χ3v) is 7.40. The van der Waals surface area contributed by atoms with E-state index in [4.69, 9.17) is 0 Å². The Bertz CT molecular complexity index is 1200. The summed E-state index contributed by atoms with van der Waals surface area (Å²) in [5.41, 5.74) is 2.30. The number of fused-ring (bicyclic) bond motifs is 3. The lowest BCUT2D eigenvalue weighted by atomic mass is 10.1. The molecule has 1 heterocycles. The fraction of sp³-hybridized carbons (Fsp3) is 0.286. The molecule has 0 aliphatic carbocycles. The SMILES string of the molecule is CC#Cc1ccc2sc3ccc(/C(C)=N/S(=O)(=O)C(C)(C)C)cc3c2c1. The van der Waals surface area contributed by atoms with E-state index in [1.54, 1.807) is 39.0 Å². The van der Waals surface area contributed by atoms with Crippen LogP contribution >= 0.6 is 11.3 Å². The number of hydrogen-bond acceptors (Lipinski definition) is 3. The van der Waals surface area contributed by atoms with Crippen LogP contribution in [0.15, 0.2) is 40.8 Å². The Morgan fingerprint density at radius 1 is 1.04 bits per heavy atom. The van der Waals surface area contributed by atoms with Gasteiger partial charge in [0.1, 0.15) is 0 Å². The maximum absolute atomic E-state index is 12.4. The van der Waals surface area contributed by atoms with Crippen LogP contribution in [-0.4, -0.2) is 18.9 Å². The largest absolute Gasteiger partial charge is 0.258 e. The maximum atomic E-state index is 12.4. The highest BCUT2D eigenvalue weighted by Crippen LogP contribution is 2.35. The first kappa shape index (κ1) is 18.6. The summed E-state index contributed by atoms with van der Waals surface area (Å²) in [5.74, 6) is 6.02. The van der Waals surface area contributed by atoms with E-state index in [0.717, 1.165) is 26.6 Å². The van der Waals surface area contributed by atoms with Gasteiger partial charge in [0.2, 0.25) is 0 Å². The molecule has 2 aromatic carbocycles. The summed E-state index contributed by atoms with van der Waals surface area (Å²) in [6.45, 7) is 8.54. The third kappa shape index (κ3) is 3.40. The quantitative estimate of drug-likeness (QED) is 0.441. The molecule has 3 rings (SSSR count). The van der Waals surface area contributed by atoms with Gasteiger partial charge in [-0.15, -0.1) is 17.3 Å². The average molecular weight is 384 g/mol. The van der Waals surface area contributed by atoms with Gasteiger partial charge in [-0.25, -0.2) is 8.42 Å². The van der Waals surface area contributed by atoms with Crippen LogP contribution in [0, 0.1) is 11.8 Å². The first-order valence-corrected chi connectivity index (χ1v) is 10.6. The normalized spacial score (nSPS) is 13.0. The molecule has 3 nitrogen and oxygen atoms in total. The minimum Gasteiger partial charge on any atom is -0.204 e. The van der Waals surface area contributed by atoms with Crippen molar-refractivity contribution in [1.82, 2.24) is 0 Å². The Hall–Kier alpha value is -2.16. The van der Waals surface area contributed by atoms with Crippen molar-refractivity contribution in [2.45, 2.75) is 39.4 Å². The zero-order chi connectivity index (χ0) is 19.1. The van der Waals surface area contributed by atoms with Crippen LogP contribution in [-0.2, 0) is 10.0 Å². The van der Waals surface area contributed by atoms with Gasteiger partial charge in [-0.05, 0) is 70.5 Å². The van der Waals surface area contributed by atoms with Gasteiger partial charge >= 0.3 is 0 Å². The first-order chi connectivity index (χ1) is 12.1. The topological polar surface area (TPSA) is 46.5 Å². The van der Waals surface area contributed by atoms with Gasteiger partial charge in [-0.1, -0.05) is 12.0 Å². The molecule has 0 spiro atoms. The minimum atomic E-state index is -3.57. The predicted molar refractivity (Wildman–Crippen MR) is 113 cm³/mol. The first-order valence-electron chi connectivity index (χ1n) is 8.33. The smallest absolute Gasteiger partial charge is 0.204 e. The number of rotatable bonds is 2. The van der Waals surface area contributed by atoms with Crippen molar-refractivity contribution < 1.29 is 8.42 Å². The Kier molecular flexibility index (Phi) is 4.68. The van der Waals surface area contributed by atoms with Gasteiger partial charge in [0.15, 0.2) is 0 Å². The van der Waals surface area contributed by atoms with Crippen LogP contribution < -0.4 is 0 Å². The van der Waals surface area contributed by atoms with Crippen molar-refractivity contribution in [3.05, 3.63) is 47.5 Å². The van der Waals surface area contributed by atoms with Gasteiger partial charge in [-0.2, -0.15) is 4.40 Å². The average Bonchev–Trinajstić information content (AvgIpc) is 2.91. The molecule has 5 heteroatoms. The summed E-state index contributed by atoms with van der Waals surface area (Å²) in [4.78, 5) is 0. The lowest BCUT2D eigenvalue weighted by Gasteiger charge is -2.15. The van der Waals surface area contributed by atoms with Gasteiger partial charge in [-0.3, -0.25) is 0 Å². The third-order valence-electron chi connectivity index (χ3n) is 4.19. The zero-order valence-electron chi connectivity index (χ0n) is 15.5. The summed E-state index contributed by atoms with van der Waals surface area (Å²) in [7, 11) is -3.57. The molecule has 0 amide bonds. The summed E-state index contributed by atoms with van der Waals surface area (Å²) < 4.78 is 30.2. The molecular weight excluding hydrogens is 362 g/mol. The van der Waals surface area contributed by atoms with Crippen LogP contribution in [0.1, 0.15) is 45.7 Å². The molecule has 0 atom stereocenters. The van der Waals surface area contributed by atoms with Crippen molar-refractivity contribution in [2.75, 3.05) is 0 Å². The fourth-order valence-corrected chi connectivity index (χ4v) is 4.40. The highest BCUT2D eigenvalue weighted by molar-refractivity contribution is 7.91. The summed E-state index contributed by atoms with van der Waals surface area (Å²) >= 11 is 1.72. The molecule has 134 valence electrons. The molecule has 1 aromatic heterocycles. The molecule has 0 fully saturated rings. The molecule has 26 heavy (non-hydrogen) atoms. The Morgan fingerprint density at radius 2 is 1.65 bits per heavy atom. The van der Waals surface area contributed by atoms with Crippen LogP contribution in [0.5, 0.6) is 0 Å². The van der Waals surface area contributed by atoms with E-state index >= 15 is 0 Å². The Labute approximate surface area is 158 Å². The van der Waals surface area contributed by atoms with E-state index in [9.17, 15) is 8.42 Å². The number of nitrogens with zero attached hydrogens (tertiary/aromatic N) is 1. The molecule has 0 aliphatic rings. The van der Waals surface area contributed by atoms with Gasteiger partial charge in [0, 0.05) is 25.7 Å². The molecule has 3 aromatic rings. The molecular formula is C21H21NO2S2. The maximum Gasteiger partial charge on any atom is 0.258 e. The summed E-state index contributed by atoms with van der Waals surface area (Å²) in [6.07, 6.45) is 0. The molecule has 0 saturated carbocycles. The van der Waals surface area contributed by atoms with Crippen LogP contribution in [0.3, 0.4) is 0 Å². The Balaban J connectivity index is 2.18. The van der Waals surface area contributed by atoms with Gasteiger partial charge in [0.25, 0.3) is 10.0 Å². The highest BCUT2D eigenvalue weighted by atomic mass is 32.2. The van der Waals surface area contributed by atoms with E-state index in [1.165, 1.54) is 4.70 Å². The van der Waals surface area contributed by atoms with Crippen molar-refractivity contribution in [3.63, 3.8) is 0 Å². The standard InChI is InChI=1S/C21H21NO2S2/c1-6-7-15-8-10-19-17(12-15)18-13-16(9-11-20(18)25-19)14(2)22-26(23,24)21(3,4)5/h8-13H,1-5H3/b22-14+. The van der Waals surface area contributed by atoms with Crippen molar-refractivity contribution in [1.29, 1.82) is 0 Å². The van der Waals surface area contributed by atoms with E-state index < -0.39 is 14.8 Å². The molecule has 0 N–H and O–H groups in total. The minimum absolute atomic E-state index is 0.505. The van der Waals surface area contributed by atoms with Crippen LogP contribution in [0.25, 0.3) is 20.2 Å². The fourth-order valence-electron chi connectivity index (χ4n) is 2.59. The van der Waals surface area contributed by atoms with Crippen molar-refractivity contribution in [3.8, 4) is 11.8 Å². The van der Waals surface area contributed by atoms with Gasteiger partial charge < -0.3 is 0 Å². The highest BCUT2D eigenvalue weighted by Gasteiger charge is 2.28. The van der Waals surface area contributed by atoms with Crippen molar-refractivity contribution in [2.24, 2.45) is 4.40 Å². The van der Waals surface area contributed by atoms with Crippen molar-refractivity contribution >= 4 is 47.2 Å². The van der Waals surface area contributed by atoms with E-state index in [2.05, 4.69) is 28.4 Å². The second-order valence-corrected chi connectivity index (χ2v) is 10.6. The van der Waals surface area contributed by atoms with E-state index in [0.29, 0.717) is 5.71 Å². The van der Waals surface area contributed by atoms with Gasteiger partial charge in [0.05, 0.1) is 10.5 Å². The summed E-state index contributed by atoms with van der Waals surface area (Å²) in [6, 6.07) is 12.2. The zero-order valence-corrected chi connectivity index (χ0v) is 17.2. The lowest BCUT2D eigenvalue weighted by Crippen LogP contribution is -2.26. The number of sulfonamides is 1.